The summed E-state index contributed by atoms with van der Waals surface area (Å²) in [6.45, 7) is 11.9. The van der Waals surface area contributed by atoms with Crippen molar-refractivity contribution >= 4 is 20.1 Å². The molecule has 5 nitrogen and oxygen atoms in total. The van der Waals surface area contributed by atoms with Gasteiger partial charge in [-0.05, 0) is 33.7 Å². The van der Waals surface area contributed by atoms with Gasteiger partial charge in [-0.3, -0.25) is 4.90 Å². The minimum atomic E-state index is -1.57. The lowest BCUT2D eigenvalue weighted by Crippen LogP contribution is -2.44. The van der Waals surface area contributed by atoms with Crippen LogP contribution >= 0.6 is 0 Å². The minimum Gasteiger partial charge on any atom is -0.464 e. The molecule has 110 valence electrons. The van der Waals surface area contributed by atoms with Gasteiger partial charge >= 0.3 is 12.1 Å². The van der Waals surface area contributed by atoms with Crippen molar-refractivity contribution in [1.82, 2.24) is 4.90 Å². The van der Waals surface area contributed by atoms with Crippen LogP contribution in [0.2, 0.25) is 19.1 Å². The highest BCUT2D eigenvalue weighted by Gasteiger charge is 2.46. The van der Waals surface area contributed by atoms with Gasteiger partial charge in [-0.1, -0.05) is 13.1 Å². The number of hydrogen-bond acceptors (Lipinski definition) is 4. The lowest BCUT2D eigenvalue weighted by atomic mass is 10.2. The van der Waals surface area contributed by atoms with E-state index < -0.39 is 25.8 Å². The van der Waals surface area contributed by atoms with Crippen LogP contribution in [0.3, 0.4) is 0 Å². The molecule has 0 aromatic carbocycles. The summed E-state index contributed by atoms with van der Waals surface area (Å²) < 4.78 is 10.4. The molecule has 6 heteroatoms. The van der Waals surface area contributed by atoms with Crippen molar-refractivity contribution in [3.05, 3.63) is 0 Å². The Morgan fingerprint density at radius 3 is 2.37 bits per heavy atom. The SMILES string of the molecule is CCOC(=O)C1C[Si](C)(C)CN1C(=O)OC(C)(C)C. The second-order valence-electron chi connectivity index (χ2n) is 6.74. The Balaban J connectivity index is 2.83. The smallest absolute Gasteiger partial charge is 0.410 e. The molecule has 0 aromatic rings. The van der Waals surface area contributed by atoms with Gasteiger partial charge in [0.2, 0.25) is 0 Å². The first kappa shape index (κ1) is 16.0. The van der Waals surface area contributed by atoms with E-state index in [1.807, 2.05) is 20.8 Å². The van der Waals surface area contributed by atoms with Crippen molar-refractivity contribution in [3.8, 4) is 0 Å². The summed E-state index contributed by atoms with van der Waals surface area (Å²) in [5, 5.41) is 0. The van der Waals surface area contributed by atoms with E-state index in [1.54, 1.807) is 11.8 Å². The molecule has 1 atom stereocenters. The van der Waals surface area contributed by atoms with E-state index in [0.717, 1.165) is 6.04 Å². The van der Waals surface area contributed by atoms with E-state index in [2.05, 4.69) is 13.1 Å². The Kier molecular flexibility index (Phi) is 4.66. The highest BCUT2D eigenvalue weighted by atomic mass is 28.3. The first-order valence-electron chi connectivity index (χ1n) is 6.72. The normalized spacial score (nSPS) is 22.2. The third-order valence-corrected chi connectivity index (χ3v) is 5.60. The fourth-order valence-electron chi connectivity index (χ4n) is 2.23. The molecule has 1 amide bonds. The van der Waals surface area contributed by atoms with Crippen LogP contribution in [0.15, 0.2) is 0 Å². The predicted molar refractivity (Wildman–Crippen MR) is 75.7 cm³/mol. The molecular weight excluding hydrogens is 262 g/mol. The van der Waals surface area contributed by atoms with Crippen molar-refractivity contribution < 1.29 is 19.1 Å². The van der Waals surface area contributed by atoms with E-state index in [-0.39, 0.29) is 5.97 Å². The topological polar surface area (TPSA) is 55.8 Å². The minimum absolute atomic E-state index is 0.313. The van der Waals surface area contributed by atoms with Crippen LogP contribution < -0.4 is 0 Å². The molecule has 19 heavy (non-hydrogen) atoms. The molecule has 1 aliphatic rings. The molecule has 0 aromatic heterocycles. The second-order valence-corrected chi connectivity index (χ2v) is 11.8. The van der Waals surface area contributed by atoms with Gasteiger partial charge in [0.05, 0.1) is 14.7 Å². The molecule has 0 radical (unpaired) electrons. The number of amides is 1. The fourth-order valence-corrected chi connectivity index (χ4v) is 5.07. The van der Waals surface area contributed by atoms with Crippen LogP contribution in [0.25, 0.3) is 0 Å². The lowest BCUT2D eigenvalue weighted by Gasteiger charge is -2.27. The first-order chi connectivity index (χ1) is 8.56. The maximum Gasteiger partial charge on any atom is 0.410 e. The first-order valence-corrected chi connectivity index (χ1v) is 10.1. The van der Waals surface area contributed by atoms with Gasteiger partial charge in [0.15, 0.2) is 0 Å². The van der Waals surface area contributed by atoms with E-state index in [1.165, 1.54) is 0 Å². The standard InChI is InChI=1S/C13H25NO4Si/c1-7-17-11(15)10-8-19(5,6)9-14(10)12(16)18-13(2,3)4/h10H,7-9H2,1-6H3. The predicted octanol–water partition coefficient (Wildman–Crippen LogP) is 2.42. The van der Waals surface area contributed by atoms with Gasteiger partial charge in [-0.15, -0.1) is 0 Å². The molecule has 0 saturated carbocycles. The van der Waals surface area contributed by atoms with Crippen LogP contribution in [0.5, 0.6) is 0 Å². The van der Waals surface area contributed by atoms with Crippen molar-refractivity contribution in [2.24, 2.45) is 0 Å². The maximum atomic E-state index is 12.2. The van der Waals surface area contributed by atoms with Crippen LogP contribution in [0.4, 0.5) is 4.79 Å². The Morgan fingerprint density at radius 2 is 1.89 bits per heavy atom. The third kappa shape index (κ3) is 4.52. The molecular formula is C13H25NO4Si. The van der Waals surface area contributed by atoms with Gasteiger partial charge in [-0.25, -0.2) is 9.59 Å². The average molecular weight is 287 g/mol. The van der Waals surface area contributed by atoms with E-state index in [4.69, 9.17) is 9.47 Å². The second kappa shape index (κ2) is 5.52. The summed E-state index contributed by atoms with van der Waals surface area (Å²) >= 11 is 0. The van der Waals surface area contributed by atoms with Gasteiger partial charge in [0.1, 0.15) is 11.6 Å². The highest BCUT2D eigenvalue weighted by molar-refractivity contribution is 6.78. The monoisotopic (exact) mass is 287 g/mol. The zero-order valence-corrected chi connectivity index (χ0v) is 13.8. The van der Waals surface area contributed by atoms with Crippen LogP contribution in [-0.2, 0) is 14.3 Å². The summed E-state index contributed by atoms with van der Waals surface area (Å²) in [5.41, 5.74) is -0.551. The Hall–Kier alpha value is -1.04. The van der Waals surface area contributed by atoms with Gasteiger partial charge in [0, 0.05) is 6.17 Å². The summed E-state index contributed by atoms with van der Waals surface area (Å²) in [6.07, 6.45) is 0.231. The summed E-state index contributed by atoms with van der Waals surface area (Å²) in [6, 6.07) is 0.266. The number of rotatable bonds is 2. The van der Waals surface area contributed by atoms with Crippen molar-refractivity contribution in [2.75, 3.05) is 12.8 Å². The van der Waals surface area contributed by atoms with E-state index in [0.29, 0.717) is 12.8 Å². The van der Waals surface area contributed by atoms with Crippen LogP contribution in [-0.4, -0.2) is 49.5 Å². The maximum absolute atomic E-state index is 12.2. The fraction of sp³-hybridized carbons (Fsp3) is 0.846. The van der Waals surface area contributed by atoms with Crippen molar-refractivity contribution in [3.63, 3.8) is 0 Å². The number of esters is 1. The third-order valence-electron chi connectivity index (χ3n) is 2.91. The average Bonchev–Trinajstić information content (AvgIpc) is 2.52. The zero-order chi connectivity index (χ0) is 14.8. The van der Waals surface area contributed by atoms with Crippen molar-refractivity contribution in [1.29, 1.82) is 0 Å². The molecule has 0 N–H and O–H groups in total. The number of hydrogen-bond donors (Lipinski definition) is 0. The Labute approximate surface area is 116 Å². The van der Waals surface area contributed by atoms with Gasteiger partial charge in [-0.2, -0.15) is 0 Å². The number of carbonyl (C=O) groups is 2. The van der Waals surface area contributed by atoms with Crippen molar-refractivity contribution in [2.45, 2.75) is 58.5 Å². The summed E-state index contributed by atoms with van der Waals surface area (Å²) in [5.74, 6) is -0.313. The van der Waals surface area contributed by atoms with Gasteiger partial charge < -0.3 is 9.47 Å². The highest BCUT2D eigenvalue weighted by Crippen LogP contribution is 2.29. The molecule has 1 fully saturated rings. The number of carbonyl (C=O) groups excluding carboxylic acids is 2. The van der Waals surface area contributed by atoms with Crippen LogP contribution in [0, 0.1) is 0 Å². The number of nitrogens with zero attached hydrogens (tertiary/aromatic N) is 1. The Morgan fingerprint density at radius 1 is 1.32 bits per heavy atom. The van der Waals surface area contributed by atoms with Crippen LogP contribution in [0.1, 0.15) is 27.7 Å². The quantitative estimate of drug-likeness (QED) is 0.578. The molecule has 1 unspecified atom stereocenters. The molecule has 1 heterocycles. The van der Waals surface area contributed by atoms with E-state index in [9.17, 15) is 9.59 Å². The molecule has 0 spiro atoms. The molecule has 1 saturated heterocycles. The lowest BCUT2D eigenvalue weighted by molar-refractivity contribution is -0.147. The zero-order valence-electron chi connectivity index (χ0n) is 12.8. The Bertz CT molecular complexity index is 362. The molecule has 1 aliphatic heterocycles. The molecule has 0 bridgehead atoms. The van der Waals surface area contributed by atoms with Gasteiger partial charge in [0.25, 0.3) is 0 Å². The summed E-state index contributed by atoms with van der Waals surface area (Å²) in [7, 11) is -1.57. The molecule has 0 aliphatic carbocycles. The largest absolute Gasteiger partial charge is 0.464 e. The number of ether oxygens (including phenoxy) is 2. The summed E-state index contributed by atoms with van der Waals surface area (Å²) in [4.78, 5) is 25.7. The van der Waals surface area contributed by atoms with E-state index >= 15 is 0 Å². The molecule has 1 rings (SSSR count).